The molecule has 1 atom stereocenters. The second-order valence-electron chi connectivity index (χ2n) is 5.59. The topological polar surface area (TPSA) is 48.9 Å². The van der Waals surface area contributed by atoms with Crippen molar-refractivity contribution in [3.05, 3.63) is 11.6 Å². The van der Waals surface area contributed by atoms with Crippen molar-refractivity contribution in [2.24, 2.45) is 0 Å². The zero-order chi connectivity index (χ0) is 15.9. The molecular formula is C15H26N4O2S. The third kappa shape index (κ3) is 4.49. The Bertz CT molecular complexity index is 454. The van der Waals surface area contributed by atoms with Crippen LogP contribution in [0.1, 0.15) is 13.3 Å². The SMILES string of the molecule is CCC1CN(CC(=O)N(C)c2nccs2)CCN1CCOC. The predicted octanol–water partition coefficient (Wildman–Crippen LogP) is 1.15. The van der Waals surface area contributed by atoms with Crippen molar-refractivity contribution in [3.8, 4) is 0 Å². The molecule has 0 N–H and O–H groups in total. The first kappa shape index (κ1) is 17.3. The van der Waals surface area contributed by atoms with Crippen LogP contribution in [0.3, 0.4) is 0 Å². The highest BCUT2D eigenvalue weighted by Gasteiger charge is 2.27. The number of hydrogen-bond acceptors (Lipinski definition) is 6. The van der Waals surface area contributed by atoms with Crippen molar-refractivity contribution < 1.29 is 9.53 Å². The van der Waals surface area contributed by atoms with Crippen molar-refractivity contribution in [1.29, 1.82) is 0 Å². The van der Waals surface area contributed by atoms with Gasteiger partial charge in [-0.3, -0.25) is 19.5 Å². The van der Waals surface area contributed by atoms with E-state index in [9.17, 15) is 4.79 Å². The molecule has 22 heavy (non-hydrogen) atoms. The number of hydrogen-bond donors (Lipinski definition) is 0. The van der Waals surface area contributed by atoms with Crippen LogP contribution in [-0.4, -0.2) is 80.2 Å². The van der Waals surface area contributed by atoms with E-state index in [0.29, 0.717) is 12.6 Å². The molecule has 0 aliphatic carbocycles. The van der Waals surface area contributed by atoms with Crippen LogP contribution in [0, 0.1) is 0 Å². The fourth-order valence-electron chi connectivity index (χ4n) is 2.78. The van der Waals surface area contributed by atoms with E-state index in [1.165, 1.54) is 11.3 Å². The van der Waals surface area contributed by atoms with Crippen molar-refractivity contribution in [1.82, 2.24) is 14.8 Å². The van der Waals surface area contributed by atoms with Gasteiger partial charge in [0.05, 0.1) is 13.2 Å². The number of likely N-dealkylation sites (N-methyl/N-ethyl adjacent to an activating group) is 1. The maximum absolute atomic E-state index is 12.4. The maximum atomic E-state index is 12.4. The van der Waals surface area contributed by atoms with E-state index in [1.807, 2.05) is 5.38 Å². The Balaban J connectivity index is 1.85. The lowest BCUT2D eigenvalue weighted by Gasteiger charge is -2.41. The Labute approximate surface area is 136 Å². The Morgan fingerprint density at radius 3 is 3.00 bits per heavy atom. The lowest BCUT2D eigenvalue weighted by atomic mass is 10.1. The molecule has 6 nitrogen and oxygen atoms in total. The van der Waals surface area contributed by atoms with E-state index in [-0.39, 0.29) is 5.91 Å². The summed E-state index contributed by atoms with van der Waals surface area (Å²) in [5.41, 5.74) is 0. The minimum Gasteiger partial charge on any atom is -0.383 e. The van der Waals surface area contributed by atoms with Gasteiger partial charge in [0.25, 0.3) is 0 Å². The van der Waals surface area contributed by atoms with Gasteiger partial charge in [0.15, 0.2) is 5.13 Å². The Kier molecular flexibility index (Phi) is 6.75. The first-order valence-corrected chi connectivity index (χ1v) is 8.65. The van der Waals surface area contributed by atoms with Crippen LogP contribution >= 0.6 is 11.3 Å². The largest absolute Gasteiger partial charge is 0.383 e. The first-order valence-electron chi connectivity index (χ1n) is 7.77. The molecule has 2 heterocycles. The summed E-state index contributed by atoms with van der Waals surface area (Å²) in [5.74, 6) is 0.107. The standard InChI is InChI=1S/C15H26N4O2S/c1-4-13-11-18(6-7-19(13)8-9-21-3)12-14(20)17(2)15-16-5-10-22-15/h5,10,13H,4,6-9,11-12H2,1-3H3. The molecule has 0 aromatic carbocycles. The number of amides is 1. The van der Waals surface area contributed by atoms with Crippen LogP contribution in [0.5, 0.6) is 0 Å². The lowest BCUT2D eigenvalue weighted by Crippen LogP contribution is -2.55. The number of aromatic nitrogens is 1. The van der Waals surface area contributed by atoms with Gasteiger partial charge in [0, 0.05) is 58.0 Å². The molecule has 1 unspecified atom stereocenters. The van der Waals surface area contributed by atoms with Gasteiger partial charge in [-0.05, 0) is 6.42 Å². The number of carbonyl (C=O) groups excluding carboxylic acids is 1. The summed E-state index contributed by atoms with van der Waals surface area (Å²) < 4.78 is 5.18. The summed E-state index contributed by atoms with van der Waals surface area (Å²) in [6, 6.07) is 0.502. The molecule has 1 aromatic heterocycles. The molecule has 1 amide bonds. The van der Waals surface area contributed by atoms with Gasteiger partial charge in [0.2, 0.25) is 5.91 Å². The molecule has 7 heteroatoms. The first-order chi connectivity index (χ1) is 10.7. The molecule has 0 spiro atoms. The number of methoxy groups -OCH3 is 1. The third-order valence-electron chi connectivity index (χ3n) is 4.18. The van der Waals surface area contributed by atoms with E-state index in [4.69, 9.17) is 4.74 Å². The number of ether oxygens (including phenoxy) is 1. The summed E-state index contributed by atoms with van der Waals surface area (Å²) in [7, 11) is 3.54. The van der Waals surface area contributed by atoms with Crippen molar-refractivity contribution in [3.63, 3.8) is 0 Å². The smallest absolute Gasteiger partial charge is 0.242 e. The van der Waals surface area contributed by atoms with Crippen LogP contribution in [0.4, 0.5) is 5.13 Å². The fraction of sp³-hybridized carbons (Fsp3) is 0.733. The van der Waals surface area contributed by atoms with Gasteiger partial charge in [-0.15, -0.1) is 11.3 Å². The molecule has 0 radical (unpaired) electrons. The minimum absolute atomic E-state index is 0.107. The average molecular weight is 326 g/mol. The summed E-state index contributed by atoms with van der Waals surface area (Å²) in [6.45, 7) is 7.27. The number of carbonyl (C=O) groups is 1. The van der Waals surface area contributed by atoms with Gasteiger partial charge in [-0.2, -0.15) is 0 Å². The van der Waals surface area contributed by atoms with Gasteiger partial charge in [-0.1, -0.05) is 6.92 Å². The highest BCUT2D eigenvalue weighted by atomic mass is 32.1. The number of anilines is 1. The van der Waals surface area contributed by atoms with Gasteiger partial charge in [-0.25, -0.2) is 4.98 Å². The third-order valence-corrected chi connectivity index (χ3v) is 5.03. The summed E-state index contributed by atoms with van der Waals surface area (Å²) >= 11 is 1.49. The van der Waals surface area contributed by atoms with Gasteiger partial charge < -0.3 is 4.74 Å². The maximum Gasteiger partial charge on any atom is 0.242 e. The molecule has 124 valence electrons. The highest BCUT2D eigenvalue weighted by Crippen LogP contribution is 2.17. The van der Waals surface area contributed by atoms with E-state index >= 15 is 0 Å². The molecular weight excluding hydrogens is 300 g/mol. The molecule has 1 fully saturated rings. The van der Waals surface area contributed by atoms with Crippen LogP contribution in [-0.2, 0) is 9.53 Å². The quantitative estimate of drug-likeness (QED) is 0.752. The molecule has 0 saturated carbocycles. The number of piperazine rings is 1. The highest BCUT2D eigenvalue weighted by molar-refractivity contribution is 7.13. The molecule has 1 aromatic rings. The molecule has 1 aliphatic heterocycles. The monoisotopic (exact) mass is 326 g/mol. The van der Waals surface area contributed by atoms with Crippen LogP contribution in [0.25, 0.3) is 0 Å². The lowest BCUT2D eigenvalue weighted by molar-refractivity contribution is -0.120. The zero-order valence-corrected chi connectivity index (χ0v) is 14.5. The molecule has 2 rings (SSSR count). The number of thiazole rings is 1. The summed E-state index contributed by atoms with van der Waals surface area (Å²) in [4.78, 5) is 22.9. The normalized spacial score (nSPS) is 20.2. The van der Waals surface area contributed by atoms with E-state index in [0.717, 1.165) is 44.3 Å². The molecule has 1 aliphatic rings. The Morgan fingerprint density at radius 2 is 2.36 bits per heavy atom. The van der Waals surface area contributed by atoms with E-state index < -0.39 is 0 Å². The predicted molar refractivity (Wildman–Crippen MR) is 89.5 cm³/mol. The Hall–Kier alpha value is -1.02. The van der Waals surface area contributed by atoms with E-state index in [1.54, 1.807) is 25.3 Å². The van der Waals surface area contributed by atoms with Gasteiger partial charge >= 0.3 is 0 Å². The van der Waals surface area contributed by atoms with E-state index in [2.05, 4.69) is 21.7 Å². The second-order valence-corrected chi connectivity index (χ2v) is 6.47. The average Bonchev–Trinajstić information content (AvgIpc) is 3.07. The van der Waals surface area contributed by atoms with Crippen molar-refractivity contribution >= 4 is 22.4 Å². The second kappa shape index (κ2) is 8.57. The number of rotatable bonds is 7. The van der Waals surface area contributed by atoms with Crippen LogP contribution < -0.4 is 4.90 Å². The van der Waals surface area contributed by atoms with Crippen LogP contribution in [0.2, 0.25) is 0 Å². The zero-order valence-electron chi connectivity index (χ0n) is 13.7. The summed E-state index contributed by atoms with van der Waals surface area (Å²) in [6.07, 6.45) is 2.82. The van der Waals surface area contributed by atoms with Crippen molar-refractivity contribution in [2.75, 3.05) is 58.4 Å². The van der Waals surface area contributed by atoms with Crippen LogP contribution in [0.15, 0.2) is 11.6 Å². The van der Waals surface area contributed by atoms with Gasteiger partial charge in [0.1, 0.15) is 0 Å². The Morgan fingerprint density at radius 1 is 1.55 bits per heavy atom. The summed E-state index contributed by atoms with van der Waals surface area (Å²) in [5, 5.41) is 2.65. The number of nitrogens with zero attached hydrogens (tertiary/aromatic N) is 4. The molecule has 1 saturated heterocycles. The van der Waals surface area contributed by atoms with Crippen molar-refractivity contribution in [2.45, 2.75) is 19.4 Å². The fourth-order valence-corrected chi connectivity index (χ4v) is 3.40. The minimum atomic E-state index is 0.107. The molecule has 0 bridgehead atoms.